The fourth-order valence-electron chi connectivity index (χ4n) is 5.91. The predicted octanol–water partition coefficient (Wildman–Crippen LogP) is 2.71. The molecular weight excluding hydrogens is 731 g/mol. The Morgan fingerprint density at radius 3 is 1.89 bits per heavy atom. The van der Waals surface area contributed by atoms with E-state index in [1.165, 1.54) is 20.8 Å². The number of benzene rings is 2. The number of primary amides is 1. The third-order valence-corrected chi connectivity index (χ3v) is 9.57. The SMILES string of the molecule is CC(O)[C@H](NC(=O)[C@H](CCCCN)CC(=O)CCCC(=O)c1ccc(-c2ccc(Cl)cc2)cc1)C(=O)C[C@@H](C)C(=O)N[C@@H](CC(N)=O)C(=O)C[C@@H](C)B(O)O. The first-order valence-corrected chi connectivity index (χ1v) is 18.9. The number of ketones is 4. The average molecular weight is 785 g/mol. The van der Waals surface area contributed by atoms with Crippen molar-refractivity contribution in [2.45, 2.75) is 109 Å². The highest BCUT2D eigenvalue weighted by atomic mass is 35.5. The quantitative estimate of drug-likeness (QED) is 0.0415. The molecule has 55 heavy (non-hydrogen) atoms. The van der Waals surface area contributed by atoms with Crippen molar-refractivity contribution in [3.63, 3.8) is 0 Å². The molecular formula is C39H54BClN4O10. The van der Waals surface area contributed by atoms with Gasteiger partial charge in [0.15, 0.2) is 17.3 Å². The lowest BCUT2D eigenvalue weighted by atomic mass is 9.71. The molecule has 0 saturated carbocycles. The molecule has 0 radical (unpaired) electrons. The Morgan fingerprint density at radius 2 is 1.35 bits per heavy atom. The summed E-state index contributed by atoms with van der Waals surface area (Å²) >= 11 is 5.97. The van der Waals surface area contributed by atoms with Gasteiger partial charge in [-0.2, -0.15) is 0 Å². The molecule has 2 aromatic carbocycles. The summed E-state index contributed by atoms with van der Waals surface area (Å²) in [5.74, 6) is -6.82. The number of carbonyl (C=O) groups is 7. The van der Waals surface area contributed by atoms with Crippen LogP contribution in [0.25, 0.3) is 11.1 Å². The zero-order valence-electron chi connectivity index (χ0n) is 31.7. The molecule has 9 N–H and O–H groups in total. The molecule has 0 heterocycles. The van der Waals surface area contributed by atoms with Crippen LogP contribution in [-0.4, -0.2) is 87.9 Å². The summed E-state index contributed by atoms with van der Waals surface area (Å²) in [7, 11) is -1.80. The van der Waals surface area contributed by atoms with Crippen molar-refractivity contribution in [2.24, 2.45) is 23.3 Å². The number of hydrogen-bond donors (Lipinski definition) is 7. The molecule has 0 bridgehead atoms. The first-order valence-electron chi connectivity index (χ1n) is 18.5. The van der Waals surface area contributed by atoms with Gasteiger partial charge in [0, 0.05) is 54.5 Å². The predicted molar refractivity (Wildman–Crippen MR) is 208 cm³/mol. The van der Waals surface area contributed by atoms with Crippen LogP contribution in [0.1, 0.15) is 95.3 Å². The third-order valence-electron chi connectivity index (χ3n) is 9.32. The van der Waals surface area contributed by atoms with E-state index in [9.17, 15) is 48.7 Å². The summed E-state index contributed by atoms with van der Waals surface area (Å²) in [6.45, 7) is 4.44. The van der Waals surface area contributed by atoms with Crippen molar-refractivity contribution in [3.05, 3.63) is 59.1 Å². The molecule has 0 spiro atoms. The Morgan fingerprint density at radius 1 is 0.745 bits per heavy atom. The molecule has 14 nitrogen and oxygen atoms in total. The van der Waals surface area contributed by atoms with Crippen LogP contribution in [0.2, 0.25) is 10.8 Å². The van der Waals surface area contributed by atoms with Crippen LogP contribution in [0.5, 0.6) is 0 Å². The number of aliphatic hydroxyl groups excluding tert-OH is 1. The molecule has 16 heteroatoms. The highest BCUT2D eigenvalue weighted by Crippen LogP contribution is 2.23. The Kier molecular flexibility index (Phi) is 20.1. The Labute approximate surface area is 327 Å². The minimum atomic E-state index is -1.80. The summed E-state index contributed by atoms with van der Waals surface area (Å²) in [5.41, 5.74) is 13.3. The molecule has 3 amide bonds. The van der Waals surface area contributed by atoms with Crippen LogP contribution in [0.3, 0.4) is 0 Å². The highest BCUT2D eigenvalue weighted by Gasteiger charge is 2.33. The average Bonchev–Trinajstić information content (AvgIpc) is 3.12. The second-order valence-electron chi connectivity index (χ2n) is 14.2. The second kappa shape index (κ2) is 23.6. The molecule has 0 aromatic heterocycles. The number of aliphatic hydroxyl groups is 1. The van der Waals surface area contributed by atoms with E-state index in [-0.39, 0.29) is 50.1 Å². The summed E-state index contributed by atoms with van der Waals surface area (Å²) in [5, 5.41) is 34.7. The number of rotatable bonds is 26. The lowest BCUT2D eigenvalue weighted by Gasteiger charge is -2.25. The molecule has 6 atom stereocenters. The monoisotopic (exact) mass is 784 g/mol. The molecule has 2 aromatic rings. The minimum absolute atomic E-state index is 0.0550. The fraction of sp³-hybridized carbons (Fsp3) is 0.513. The zero-order valence-corrected chi connectivity index (χ0v) is 32.4. The summed E-state index contributed by atoms with van der Waals surface area (Å²) in [6, 6.07) is 11.7. The van der Waals surface area contributed by atoms with Crippen molar-refractivity contribution in [2.75, 3.05) is 6.54 Å². The maximum absolute atomic E-state index is 13.5. The number of halogens is 1. The van der Waals surface area contributed by atoms with Gasteiger partial charge in [0.2, 0.25) is 17.7 Å². The van der Waals surface area contributed by atoms with Gasteiger partial charge in [0.05, 0.1) is 18.6 Å². The van der Waals surface area contributed by atoms with Crippen molar-refractivity contribution < 1.29 is 48.7 Å². The van der Waals surface area contributed by atoms with Gasteiger partial charge in [-0.05, 0) is 61.8 Å². The van der Waals surface area contributed by atoms with Crippen LogP contribution in [0, 0.1) is 11.8 Å². The molecule has 0 fully saturated rings. The maximum Gasteiger partial charge on any atom is 0.454 e. The van der Waals surface area contributed by atoms with E-state index in [0.717, 1.165) is 11.1 Å². The number of nitrogens with one attached hydrogen (secondary N) is 2. The van der Waals surface area contributed by atoms with E-state index in [1.54, 1.807) is 24.3 Å². The van der Waals surface area contributed by atoms with Crippen LogP contribution in [-0.2, 0) is 28.8 Å². The maximum atomic E-state index is 13.5. The standard InChI is InChI=1S/C39H54BClN4O10/c1-23(38(52)44-32(22-36(43)51)34(49)20-24(2)40(54)55)19-35(50)37(25(3)46)45-39(53)29(7-4-5-18-42)21-31(47)8-6-9-33(48)28-12-10-26(11-13-28)27-14-16-30(41)17-15-27/h10-17,23-25,29,32,37,46,54-55H,4-9,18-22,42H2,1-3H3,(H2,43,51)(H,44,52)(H,45,53)/t23-,24-,25?,29-,32+,37+/m1/s1. The normalized spacial score (nSPS) is 14.4. The van der Waals surface area contributed by atoms with Crippen molar-refractivity contribution in [1.29, 1.82) is 0 Å². The molecule has 2 rings (SSSR count). The lowest BCUT2D eigenvalue weighted by molar-refractivity contribution is -0.136. The summed E-state index contributed by atoms with van der Waals surface area (Å²) in [6.07, 6.45) is -1.03. The van der Waals surface area contributed by atoms with Crippen molar-refractivity contribution in [1.82, 2.24) is 10.6 Å². The lowest BCUT2D eigenvalue weighted by Crippen LogP contribution is -2.51. The zero-order chi connectivity index (χ0) is 41.2. The first kappa shape index (κ1) is 46.9. The third kappa shape index (κ3) is 16.5. The number of unbranched alkanes of at least 4 members (excludes halogenated alkanes) is 1. The smallest absolute Gasteiger partial charge is 0.427 e. The van der Waals surface area contributed by atoms with Gasteiger partial charge in [-0.1, -0.05) is 68.3 Å². The van der Waals surface area contributed by atoms with Gasteiger partial charge in [0.1, 0.15) is 11.8 Å². The van der Waals surface area contributed by atoms with Crippen LogP contribution >= 0.6 is 11.6 Å². The number of hydrogen-bond acceptors (Lipinski definition) is 11. The van der Waals surface area contributed by atoms with Gasteiger partial charge >= 0.3 is 7.12 Å². The van der Waals surface area contributed by atoms with E-state index in [2.05, 4.69) is 10.6 Å². The van der Waals surface area contributed by atoms with Gasteiger partial charge < -0.3 is 37.3 Å². The molecule has 0 saturated heterocycles. The first-order chi connectivity index (χ1) is 25.9. The van der Waals surface area contributed by atoms with Gasteiger partial charge in [0.25, 0.3) is 0 Å². The van der Waals surface area contributed by atoms with E-state index >= 15 is 0 Å². The van der Waals surface area contributed by atoms with Crippen LogP contribution < -0.4 is 22.1 Å². The number of amides is 3. The van der Waals surface area contributed by atoms with Gasteiger partial charge in [-0.15, -0.1) is 0 Å². The summed E-state index contributed by atoms with van der Waals surface area (Å²) in [4.78, 5) is 89.9. The Balaban J connectivity index is 2.00. The largest absolute Gasteiger partial charge is 0.454 e. The molecule has 300 valence electrons. The second-order valence-corrected chi connectivity index (χ2v) is 14.6. The van der Waals surface area contributed by atoms with E-state index in [0.29, 0.717) is 30.0 Å². The Hall–Kier alpha value is -4.28. The van der Waals surface area contributed by atoms with E-state index < -0.39 is 85.1 Å². The van der Waals surface area contributed by atoms with Gasteiger partial charge in [-0.3, -0.25) is 33.6 Å². The van der Waals surface area contributed by atoms with Crippen LogP contribution in [0.4, 0.5) is 0 Å². The van der Waals surface area contributed by atoms with Crippen molar-refractivity contribution in [3.8, 4) is 11.1 Å². The van der Waals surface area contributed by atoms with E-state index in [4.69, 9.17) is 23.1 Å². The molecule has 0 aliphatic carbocycles. The number of carbonyl (C=O) groups excluding carboxylic acids is 7. The molecule has 0 aliphatic rings. The highest BCUT2D eigenvalue weighted by molar-refractivity contribution is 6.43. The summed E-state index contributed by atoms with van der Waals surface area (Å²) < 4.78 is 0. The topological polar surface area (TPSA) is 256 Å². The fourth-order valence-corrected chi connectivity index (χ4v) is 6.03. The van der Waals surface area contributed by atoms with Crippen molar-refractivity contribution >= 4 is 59.6 Å². The minimum Gasteiger partial charge on any atom is -0.427 e. The van der Waals surface area contributed by atoms with Crippen LogP contribution in [0.15, 0.2) is 48.5 Å². The molecule has 0 aliphatic heterocycles. The number of Topliss-reactive ketones (excluding diaryl/α,β-unsaturated/α-hetero) is 4. The van der Waals surface area contributed by atoms with Gasteiger partial charge in [-0.25, -0.2) is 0 Å². The molecule has 1 unspecified atom stereocenters. The Bertz CT molecular complexity index is 1620. The van der Waals surface area contributed by atoms with E-state index in [1.807, 2.05) is 24.3 Å². The number of nitrogens with two attached hydrogens (primary N) is 2.